The summed E-state index contributed by atoms with van der Waals surface area (Å²) in [5.41, 5.74) is 0.152. The zero-order valence-electron chi connectivity index (χ0n) is 17.4. The lowest BCUT2D eigenvalue weighted by molar-refractivity contribution is -0.146. The number of carbonyl (C=O) groups excluding carboxylic acids is 3. The van der Waals surface area contributed by atoms with E-state index in [0.29, 0.717) is 30.9 Å². The van der Waals surface area contributed by atoms with Gasteiger partial charge in [0, 0.05) is 48.2 Å². The maximum Gasteiger partial charge on any atom is 0.276 e. The van der Waals surface area contributed by atoms with Crippen molar-refractivity contribution in [3.8, 4) is 0 Å². The first kappa shape index (κ1) is 22.0. The molecular weight excluding hydrogens is 459 g/mol. The molecule has 1 spiro atoms. The molecule has 1 N–H and O–H groups in total. The minimum absolute atomic E-state index is 0.105. The highest BCUT2D eigenvalue weighted by molar-refractivity contribution is 8.00. The SMILES string of the molecule is O=C(NCc1c(F)cc(F)cc1F)C1=CN2C(=CC1)C(=O)N1CC2C2(CCC1=O)OCCS2. The molecule has 2 atom stereocenters. The zero-order valence-corrected chi connectivity index (χ0v) is 18.2. The summed E-state index contributed by atoms with van der Waals surface area (Å²) in [6.07, 6.45) is 3.89. The number of rotatable bonds is 3. The number of piperazine rings is 1. The average Bonchev–Trinajstić information content (AvgIpc) is 3.21. The molecule has 4 aliphatic heterocycles. The summed E-state index contributed by atoms with van der Waals surface area (Å²) in [4.78, 5) is 40.5. The maximum atomic E-state index is 13.9. The first-order chi connectivity index (χ1) is 15.8. The molecule has 4 aliphatic rings. The monoisotopic (exact) mass is 479 g/mol. The van der Waals surface area contributed by atoms with Crippen molar-refractivity contribution in [3.63, 3.8) is 0 Å². The summed E-state index contributed by atoms with van der Waals surface area (Å²) in [5.74, 6) is -3.68. The number of halogens is 3. The van der Waals surface area contributed by atoms with Gasteiger partial charge in [0.2, 0.25) is 11.8 Å². The van der Waals surface area contributed by atoms with Crippen molar-refractivity contribution < 1.29 is 32.3 Å². The molecule has 7 nitrogen and oxygen atoms in total. The Morgan fingerprint density at radius 2 is 2.00 bits per heavy atom. The van der Waals surface area contributed by atoms with E-state index < -0.39 is 46.3 Å². The van der Waals surface area contributed by atoms with Gasteiger partial charge < -0.3 is 15.0 Å². The van der Waals surface area contributed by atoms with Gasteiger partial charge in [0.25, 0.3) is 5.91 Å². The average molecular weight is 479 g/mol. The highest BCUT2D eigenvalue weighted by Gasteiger charge is 2.54. The molecule has 3 saturated heterocycles. The van der Waals surface area contributed by atoms with Crippen LogP contribution in [-0.2, 0) is 25.7 Å². The molecule has 3 amide bonds. The number of benzene rings is 1. The molecule has 0 radical (unpaired) electrons. The number of carbonyl (C=O) groups is 3. The van der Waals surface area contributed by atoms with Crippen molar-refractivity contribution in [3.05, 3.63) is 58.7 Å². The lowest BCUT2D eigenvalue weighted by Crippen LogP contribution is -2.60. The highest BCUT2D eigenvalue weighted by atomic mass is 32.2. The van der Waals surface area contributed by atoms with Crippen LogP contribution in [0.15, 0.2) is 35.7 Å². The van der Waals surface area contributed by atoms with Crippen LogP contribution in [-0.4, -0.2) is 57.4 Å². The number of ether oxygens (including phenoxy) is 1. The fraction of sp³-hybridized carbons (Fsp3) is 0.409. The number of allylic oxidation sites excluding steroid dienone is 1. The topological polar surface area (TPSA) is 79.0 Å². The largest absolute Gasteiger partial charge is 0.361 e. The fourth-order valence-corrected chi connectivity index (χ4v) is 5.98. The van der Waals surface area contributed by atoms with Gasteiger partial charge in [-0.25, -0.2) is 13.2 Å². The second kappa shape index (κ2) is 8.21. The van der Waals surface area contributed by atoms with Crippen LogP contribution < -0.4 is 5.32 Å². The first-order valence-electron chi connectivity index (χ1n) is 10.5. The number of thioether (sulfide) groups is 1. The summed E-state index contributed by atoms with van der Waals surface area (Å²) in [7, 11) is 0. The molecule has 0 aromatic heterocycles. The smallest absolute Gasteiger partial charge is 0.276 e. The van der Waals surface area contributed by atoms with Crippen molar-refractivity contribution >= 4 is 29.5 Å². The highest BCUT2D eigenvalue weighted by Crippen LogP contribution is 2.47. The number of amides is 3. The number of fused-ring (bicyclic) bond motifs is 5. The first-order valence-corrected chi connectivity index (χ1v) is 11.5. The lowest BCUT2D eigenvalue weighted by Gasteiger charge is -2.47. The Hall–Kier alpha value is -2.79. The standard InChI is InChI=1S/C22H20F3N3O4S/c23-13-7-15(24)14(16(25)8-13)9-26-20(30)12-1-2-17-21(31)28-11-18(27(17)10-12)22(4-3-19(28)29)32-5-6-33-22/h2,7-8,10,18H,1,3-6,9,11H2,(H,26,30). The summed E-state index contributed by atoms with van der Waals surface area (Å²) >= 11 is 1.60. The molecule has 174 valence electrons. The maximum absolute atomic E-state index is 13.9. The van der Waals surface area contributed by atoms with Crippen LogP contribution in [0.3, 0.4) is 0 Å². The van der Waals surface area contributed by atoms with Crippen LogP contribution in [0.4, 0.5) is 13.2 Å². The van der Waals surface area contributed by atoms with Gasteiger partial charge in [-0.3, -0.25) is 19.3 Å². The third kappa shape index (κ3) is 3.72. The Morgan fingerprint density at radius 3 is 2.70 bits per heavy atom. The Balaban J connectivity index is 1.40. The lowest BCUT2D eigenvalue weighted by atomic mass is 9.98. The fourth-order valence-electron chi connectivity index (χ4n) is 4.67. The van der Waals surface area contributed by atoms with E-state index in [1.807, 2.05) is 0 Å². The molecule has 0 saturated carbocycles. The summed E-state index contributed by atoms with van der Waals surface area (Å²) in [5, 5.41) is 2.46. The molecule has 5 rings (SSSR count). The Morgan fingerprint density at radius 1 is 1.24 bits per heavy atom. The van der Waals surface area contributed by atoms with E-state index in [-0.39, 0.29) is 36.9 Å². The summed E-state index contributed by atoms with van der Waals surface area (Å²) in [6, 6.07) is 0.739. The zero-order chi connectivity index (χ0) is 23.3. The van der Waals surface area contributed by atoms with Gasteiger partial charge in [0.15, 0.2) is 0 Å². The summed E-state index contributed by atoms with van der Waals surface area (Å²) in [6.45, 7) is 0.222. The van der Waals surface area contributed by atoms with Crippen LogP contribution in [0.25, 0.3) is 0 Å². The predicted octanol–water partition coefficient (Wildman–Crippen LogP) is 2.18. The van der Waals surface area contributed by atoms with Gasteiger partial charge in [0.05, 0.1) is 19.2 Å². The van der Waals surface area contributed by atoms with Crippen molar-refractivity contribution in [2.45, 2.75) is 36.8 Å². The van der Waals surface area contributed by atoms with Gasteiger partial charge in [-0.1, -0.05) is 6.08 Å². The molecular formula is C22H20F3N3O4S. The third-order valence-electron chi connectivity index (χ3n) is 6.34. The normalized spacial score (nSPS) is 26.7. The number of hydrogen-bond donors (Lipinski definition) is 1. The van der Waals surface area contributed by atoms with Crippen molar-refractivity contribution in [1.82, 2.24) is 15.1 Å². The van der Waals surface area contributed by atoms with Crippen molar-refractivity contribution in [2.75, 3.05) is 18.9 Å². The minimum atomic E-state index is -1.09. The van der Waals surface area contributed by atoms with Crippen LogP contribution in [0.2, 0.25) is 0 Å². The molecule has 2 bridgehead atoms. The molecule has 0 aliphatic carbocycles. The van der Waals surface area contributed by atoms with Crippen LogP contribution in [0.5, 0.6) is 0 Å². The third-order valence-corrected chi connectivity index (χ3v) is 7.79. The van der Waals surface area contributed by atoms with Crippen LogP contribution >= 0.6 is 11.8 Å². The van der Waals surface area contributed by atoms with Crippen molar-refractivity contribution in [2.24, 2.45) is 0 Å². The van der Waals surface area contributed by atoms with E-state index in [0.717, 1.165) is 5.75 Å². The number of nitrogens with zero attached hydrogens (tertiary/aromatic N) is 2. The van der Waals surface area contributed by atoms with Crippen LogP contribution in [0.1, 0.15) is 24.8 Å². The van der Waals surface area contributed by atoms with Crippen molar-refractivity contribution in [1.29, 1.82) is 0 Å². The number of hydrogen-bond acceptors (Lipinski definition) is 6. The Labute approximate surface area is 191 Å². The molecule has 33 heavy (non-hydrogen) atoms. The number of nitrogens with one attached hydrogen (secondary N) is 1. The number of imide groups is 1. The molecule has 1 aromatic carbocycles. The van der Waals surface area contributed by atoms with Gasteiger partial charge >= 0.3 is 0 Å². The summed E-state index contributed by atoms with van der Waals surface area (Å²) < 4.78 is 47.0. The van der Waals surface area contributed by atoms with E-state index in [9.17, 15) is 27.6 Å². The van der Waals surface area contributed by atoms with E-state index in [4.69, 9.17) is 4.74 Å². The Bertz CT molecular complexity index is 1090. The van der Waals surface area contributed by atoms with Gasteiger partial charge in [0.1, 0.15) is 28.1 Å². The molecule has 3 fully saturated rings. The van der Waals surface area contributed by atoms with Crippen LogP contribution in [0, 0.1) is 17.5 Å². The Kier molecular flexibility index (Phi) is 5.48. The van der Waals surface area contributed by atoms with Gasteiger partial charge in [-0.15, -0.1) is 11.8 Å². The van der Waals surface area contributed by atoms with Gasteiger partial charge in [-0.05, 0) is 12.8 Å². The van der Waals surface area contributed by atoms with E-state index in [1.165, 1.54) is 4.90 Å². The van der Waals surface area contributed by atoms with E-state index in [1.54, 1.807) is 28.9 Å². The quantitative estimate of drug-likeness (QED) is 0.670. The molecule has 11 heteroatoms. The minimum Gasteiger partial charge on any atom is -0.361 e. The van der Waals surface area contributed by atoms with Gasteiger partial charge in [-0.2, -0.15) is 0 Å². The second-order valence-corrected chi connectivity index (χ2v) is 9.61. The second-order valence-electron chi connectivity index (χ2n) is 8.22. The van der Waals surface area contributed by atoms with E-state index >= 15 is 0 Å². The molecule has 1 aromatic rings. The molecule has 2 unspecified atom stereocenters. The predicted molar refractivity (Wildman–Crippen MR) is 112 cm³/mol. The van der Waals surface area contributed by atoms with E-state index in [2.05, 4.69) is 5.32 Å². The molecule has 4 heterocycles.